The highest BCUT2D eigenvalue weighted by molar-refractivity contribution is 5.82. The number of amides is 2. The first kappa shape index (κ1) is 18.0. The lowest BCUT2D eigenvalue weighted by Gasteiger charge is -2.37. The molecule has 23 heavy (non-hydrogen) atoms. The standard InChI is InChI=1S/C14H23F3N4O2/c1-10(13(23)19-11-2-3-11)21-6-4-20(5-7-21)8-12(22)18-9-14(15,16)17/h10-11H,2-9H2,1H3,(H,18,22)(H,19,23). The molecular weight excluding hydrogens is 313 g/mol. The fourth-order valence-corrected chi connectivity index (χ4v) is 2.48. The largest absolute Gasteiger partial charge is 0.405 e. The van der Waals surface area contributed by atoms with Gasteiger partial charge in [-0.15, -0.1) is 0 Å². The SMILES string of the molecule is CC(C(=O)NC1CC1)N1CCN(CC(=O)NCC(F)(F)F)CC1. The number of hydrogen-bond acceptors (Lipinski definition) is 4. The minimum Gasteiger partial charge on any atom is -0.352 e. The molecule has 1 saturated heterocycles. The van der Waals surface area contributed by atoms with E-state index in [0.29, 0.717) is 32.2 Å². The lowest BCUT2D eigenvalue weighted by Crippen LogP contribution is -2.55. The summed E-state index contributed by atoms with van der Waals surface area (Å²) in [6, 6.07) is 0.0976. The summed E-state index contributed by atoms with van der Waals surface area (Å²) in [7, 11) is 0. The Bertz CT molecular complexity index is 432. The molecule has 2 N–H and O–H groups in total. The molecule has 1 aliphatic heterocycles. The average molecular weight is 336 g/mol. The van der Waals surface area contributed by atoms with Gasteiger partial charge in [0.1, 0.15) is 6.54 Å². The van der Waals surface area contributed by atoms with Crippen LogP contribution in [0.15, 0.2) is 0 Å². The molecule has 1 heterocycles. The third-order valence-electron chi connectivity index (χ3n) is 4.11. The van der Waals surface area contributed by atoms with Gasteiger partial charge in [-0.2, -0.15) is 13.2 Å². The molecular formula is C14H23F3N4O2. The summed E-state index contributed by atoms with van der Waals surface area (Å²) in [6.07, 6.45) is -2.31. The van der Waals surface area contributed by atoms with Crippen molar-refractivity contribution in [3.05, 3.63) is 0 Å². The van der Waals surface area contributed by atoms with Crippen LogP contribution in [0.4, 0.5) is 13.2 Å². The summed E-state index contributed by atoms with van der Waals surface area (Å²) in [5.74, 6) is -0.612. The third-order valence-corrected chi connectivity index (χ3v) is 4.11. The van der Waals surface area contributed by atoms with Crippen molar-refractivity contribution < 1.29 is 22.8 Å². The quantitative estimate of drug-likeness (QED) is 0.714. The fraction of sp³-hybridized carbons (Fsp3) is 0.857. The number of halogens is 3. The third kappa shape index (κ3) is 6.34. The van der Waals surface area contributed by atoms with Crippen LogP contribution in [0.5, 0.6) is 0 Å². The van der Waals surface area contributed by atoms with Crippen molar-refractivity contribution in [1.29, 1.82) is 0 Å². The zero-order chi connectivity index (χ0) is 17.0. The number of carbonyl (C=O) groups excluding carboxylic acids is 2. The van der Waals surface area contributed by atoms with Crippen LogP contribution < -0.4 is 10.6 Å². The van der Waals surface area contributed by atoms with E-state index >= 15 is 0 Å². The summed E-state index contributed by atoms with van der Waals surface area (Å²) in [4.78, 5) is 27.3. The lowest BCUT2D eigenvalue weighted by atomic mass is 10.2. The number of piperazine rings is 1. The normalized spacial score (nSPS) is 21.7. The predicted molar refractivity (Wildman–Crippen MR) is 77.7 cm³/mol. The van der Waals surface area contributed by atoms with Gasteiger partial charge in [-0.1, -0.05) is 0 Å². The van der Waals surface area contributed by atoms with E-state index in [9.17, 15) is 22.8 Å². The maximum absolute atomic E-state index is 12.0. The number of rotatable bonds is 6. The fourth-order valence-electron chi connectivity index (χ4n) is 2.48. The molecule has 2 rings (SSSR count). The summed E-state index contributed by atoms with van der Waals surface area (Å²) in [5, 5.41) is 4.83. The van der Waals surface area contributed by atoms with E-state index in [0.717, 1.165) is 12.8 Å². The van der Waals surface area contributed by atoms with E-state index in [1.54, 1.807) is 4.90 Å². The molecule has 9 heteroatoms. The van der Waals surface area contributed by atoms with Crippen LogP contribution in [-0.2, 0) is 9.59 Å². The van der Waals surface area contributed by atoms with E-state index in [2.05, 4.69) is 5.32 Å². The molecule has 0 spiro atoms. The van der Waals surface area contributed by atoms with Gasteiger partial charge in [-0.3, -0.25) is 19.4 Å². The minimum absolute atomic E-state index is 0.0175. The van der Waals surface area contributed by atoms with Crippen LogP contribution in [0.3, 0.4) is 0 Å². The van der Waals surface area contributed by atoms with Crippen molar-refractivity contribution in [2.24, 2.45) is 0 Å². The van der Waals surface area contributed by atoms with Crippen molar-refractivity contribution in [3.63, 3.8) is 0 Å². The highest BCUT2D eigenvalue weighted by Gasteiger charge is 2.31. The van der Waals surface area contributed by atoms with Crippen LogP contribution in [0.25, 0.3) is 0 Å². The van der Waals surface area contributed by atoms with E-state index in [1.165, 1.54) is 0 Å². The Morgan fingerprint density at radius 1 is 1.17 bits per heavy atom. The van der Waals surface area contributed by atoms with Gasteiger partial charge in [0.15, 0.2) is 0 Å². The molecule has 0 aromatic heterocycles. The van der Waals surface area contributed by atoms with Gasteiger partial charge in [-0.25, -0.2) is 0 Å². The number of hydrogen-bond donors (Lipinski definition) is 2. The van der Waals surface area contributed by atoms with Gasteiger partial charge in [-0.05, 0) is 19.8 Å². The molecule has 0 aromatic carbocycles. The average Bonchev–Trinajstić information content (AvgIpc) is 3.28. The monoisotopic (exact) mass is 336 g/mol. The van der Waals surface area contributed by atoms with Crippen LogP contribution >= 0.6 is 0 Å². The Kier molecular flexibility index (Phi) is 5.85. The van der Waals surface area contributed by atoms with Crippen molar-refractivity contribution in [3.8, 4) is 0 Å². The maximum atomic E-state index is 12.0. The Morgan fingerprint density at radius 3 is 2.30 bits per heavy atom. The number of nitrogens with one attached hydrogen (secondary N) is 2. The molecule has 1 atom stereocenters. The summed E-state index contributed by atoms with van der Waals surface area (Å²) in [5.41, 5.74) is 0. The topological polar surface area (TPSA) is 64.7 Å². The van der Waals surface area contributed by atoms with E-state index < -0.39 is 18.6 Å². The molecule has 0 bridgehead atoms. The molecule has 1 unspecified atom stereocenters. The molecule has 1 saturated carbocycles. The Labute approximate surface area is 133 Å². The molecule has 2 aliphatic rings. The first-order chi connectivity index (χ1) is 10.7. The van der Waals surface area contributed by atoms with E-state index in [1.807, 2.05) is 17.1 Å². The van der Waals surface area contributed by atoms with Gasteiger partial charge in [0.2, 0.25) is 11.8 Å². The second-order valence-electron chi connectivity index (χ2n) is 6.16. The highest BCUT2D eigenvalue weighted by Crippen LogP contribution is 2.19. The van der Waals surface area contributed by atoms with E-state index in [-0.39, 0.29) is 18.5 Å². The smallest absolute Gasteiger partial charge is 0.352 e. The Morgan fingerprint density at radius 2 is 1.78 bits per heavy atom. The van der Waals surface area contributed by atoms with Crippen LogP contribution in [0.2, 0.25) is 0 Å². The molecule has 2 fully saturated rings. The van der Waals surface area contributed by atoms with Gasteiger partial charge >= 0.3 is 6.18 Å². The van der Waals surface area contributed by atoms with Crippen LogP contribution in [-0.4, -0.2) is 79.1 Å². The molecule has 0 aromatic rings. The zero-order valence-electron chi connectivity index (χ0n) is 13.2. The van der Waals surface area contributed by atoms with Crippen molar-refractivity contribution in [1.82, 2.24) is 20.4 Å². The first-order valence-corrected chi connectivity index (χ1v) is 7.85. The maximum Gasteiger partial charge on any atom is 0.405 e. The van der Waals surface area contributed by atoms with Crippen molar-refractivity contribution >= 4 is 11.8 Å². The molecule has 0 radical (unpaired) electrons. The molecule has 1 aliphatic carbocycles. The zero-order valence-corrected chi connectivity index (χ0v) is 13.2. The second-order valence-corrected chi connectivity index (χ2v) is 6.16. The van der Waals surface area contributed by atoms with Crippen LogP contribution in [0.1, 0.15) is 19.8 Å². The van der Waals surface area contributed by atoms with Crippen molar-refractivity contribution in [2.75, 3.05) is 39.3 Å². The first-order valence-electron chi connectivity index (χ1n) is 7.85. The number of alkyl halides is 3. The number of nitrogens with zero attached hydrogens (tertiary/aromatic N) is 2. The number of carbonyl (C=O) groups is 2. The van der Waals surface area contributed by atoms with E-state index in [4.69, 9.17) is 0 Å². The Hall–Kier alpha value is -1.35. The summed E-state index contributed by atoms with van der Waals surface area (Å²) < 4.78 is 36.1. The predicted octanol–water partition coefficient (Wildman–Crippen LogP) is -0.0504. The van der Waals surface area contributed by atoms with Gasteiger partial charge in [0.25, 0.3) is 0 Å². The van der Waals surface area contributed by atoms with Crippen molar-refractivity contribution in [2.45, 2.75) is 38.0 Å². The Balaban J connectivity index is 1.66. The molecule has 6 nitrogen and oxygen atoms in total. The molecule has 2 amide bonds. The van der Waals surface area contributed by atoms with Gasteiger partial charge < -0.3 is 10.6 Å². The molecule has 132 valence electrons. The summed E-state index contributed by atoms with van der Waals surface area (Å²) >= 11 is 0. The minimum atomic E-state index is -4.39. The lowest BCUT2D eigenvalue weighted by molar-refractivity contribution is -0.139. The highest BCUT2D eigenvalue weighted by atomic mass is 19.4. The van der Waals surface area contributed by atoms with Crippen LogP contribution in [0, 0.1) is 0 Å². The summed E-state index contributed by atoms with van der Waals surface area (Å²) in [6.45, 7) is 2.85. The van der Waals surface area contributed by atoms with Gasteiger partial charge in [0, 0.05) is 32.2 Å². The van der Waals surface area contributed by atoms with Gasteiger partial charge in [0.05, 0.1) is 12.6 Å². The second kappa shape index (κ2) is 7.48.